The molecule has 0 amide bonds. The normalized spacial score (nSPS) is 16.2. The van der Waals surface area contributed by atoms with E-state index in [0.717, 1.165) is 57.1 Å². The molecule has 4 heteroatoms. The van der Waals surface area contributed by atoms with Gasteiger partial charge in [0.1, 0.15) is 17.2 Å². The lowest BCUT2D eigenvalue weighted by Gasteiger charge is -2.38. The fourth-order valence-electron chi connectivity index (χ4n) is 7.00. The first kappa shape index (κ1) is 28.5. The maximum Gasteiger partial charge on any atom is 0.178 e. The van der Waals surface area contributed by atoms with Crippen molar-refractivity contribution in [2.24, 2.45) is 0 Å². The van der Waals surface area contributed by atoms with Crippen molar-refractivity contribution in [3.05, 3.63) is 155 Å². The highest BCUT2D eigenvalue weighted by Gasteiger charge is 2.39. The summed E-state index contributed by atoms with van der Waals surface area (Å²) in [6, 6.07) is 40.8. The van der Waals surface area contributed by atoms with E-state index >= 15 is 0 Å². The van der Waals surface area contributed by atoms with Gasteiger partial charge in [0.2, 0.25) is 0 Å². The molecule has 8 rings (SSSR count). The third-order valence-corrected chi connectivity index (χ3v) is 10.4. The molecule has 0 bridgehead atoms. The molecule has 6 aromatic carbocycles. The van der Waals surface area contributed by atoms with E-state index in [-0.39, 0.29) is 0 Å². The van der Waals surface area contributed by atoms with Gasteiger partial charge in [-0.25, -0.2) is 0 Å². The number of hydrogen-bond donors (Lipinski definition) is 0. The summed E-state index contributed by atoms with van der Waals surface area (Å²) in [4.78, 5) is 2.25. The summed E-state index contributed by atoms with van der Waals surface area (Å²) < 4.78 is 19.0. The summed E-state index contributed by atoms with van der Waals surface area (Å²) in [6.07, 6.45) is 6.49. The Kier molecular flexibility index (Phi) is 7.11. The molecule has 2 aliphatic rings. The lowest BCUT2D eigenvalue weighted by atomic mass is 9.77. The Bertz CT molecular complexity index is 2110. The maximum absolute atomic E-state index is 7.44. The first-order valence-electron chi connectivity index (χ1n) is 15.7. The third-order valence-electron chi connectivity index (χ3n) is 9.34. The Morgan fingerprint density at radius 3 is 2.17 bits per heavy atom. The van der Waals surface area contributed by atoms with Gasteiger partial charge in [-0.1, -0.05) is 102 Å². The minimum Gasteiger partial charge on any atom is -0.497 e. The van der Waals surface area contributed by atoms with Crippen LogP contribution < -0.4 is 14.2 Å². The Morgan fingerprint density at radius 2 is 1.43 bits per heavy atom. The molecule has 1 atom stereocenters. The lowest BCUT2D eigenvalue weighted by Crippen LogP contribution is -2.34. The van der Waals surface area contributed by atoms with Crippen LogP contribution in [0, 0.1) is 6.92 Å². The Balaban J connectivity index is 1.41. The van der Waals surface area contributed by atoms with Crippen molar-refractivity contribution in [2.45, 2.75) is 35.2 Å². The minimum absolute atomic E-state index is 0.814. The van der Waals surface area contributed by atoms with Crippen LogP contribution in [0.4, 0.5) is 0 Å². The van der Waals surface area contributed by atoms with Gasteiger partial charge in [0.25, 0.3) is 0 Å². The predicted octanol–water partition coefficient (Wildman–Crippen LogP) is 10.4. The molecule has 0 aromatic heterocycles. The van der Waals surface area contributed by atoms with E-state index < -0.39 is 5.60 Å². The van der Waals surface area contributed by atoms with Gasteiger partial charge in [-0.2, -0.15) is 0 Å². The molecule has 6 aromatic rings. The van der Waals surface area contributed by atoms with Crippen LogP contribution >= 0.6 is 11.8 Å². The molecule has 0 radical (unpaired) electrons. The number of hydrogen-bond acceptors (Lipinski definition) is 4. The molecule has 0 N–H and O–H groups in total. The highest BCUT2D eigenvalue weighted by molar-refractivity contribution is 7.99. The molecule has 1 aliphatic carbocycles. The summed E-state index contributed by atoms with van der Waals surface area (Å²) in [7, 11) is 3.45. The van der Waals surface area contributed by atoms with Crippen LogP contribution in [0.5, 0.6) is 17.2 Å². The van der Waals surface area contributed by atoms with E-state index in [1.165, 1.54) is 38.1 Å². The minimum atomic E-state index is -0.828. The average Bonchev–Trinajstić information content (AvgIpc) is 3.11. The zero-order valence-corrected chi connectivity index (χ0v) is 27.0. The van der Waals surface area contributed by atoms with Crippen molar-refractivity contribution in [3.63, 3.8) is 0 Å². The van der Waals surface area contributed by atoms with Gasteiger partial charge in [-0.15, -0.1) is 0 Å². The number of fused-ring (bicyclic) bond motifs is 8. The van der Waals surface area contributed by atoms with Crippen molar-refractivity contribution >= 4 is 28.6 Å². The van der Waals surface area contributed by atoms with Crippen LogP contribution in [0.15, 0.2) is 131 Å². The van der Waals surface area contributed by atoms with E-state index in [0.29, 0.717) is 0 Å². The molecule has 1 heterocycles. The molecule has 0 spiro atoms. The second-order valence-corrected chi connectivity index (χ2v) is 13.1. The molecule has 0 saturated carbocycles. The van der Waals surface area contributed by atoms with E-state index in [4.69, 9.17) is 14.2 Å². The maximum atomic E-state index is 7.44. The van der Waals surface area contributed by atoms with Crippen LogP contribution in [-0.2, 0) is 18.4 Å². The van der Waals surface area contributed by atoms with Crippen molar-refractivity contribution in [1.82, 2.24) is 0 Å². The Hall–Kier alpha value is -4.93. The molecular formula is C42H34O3S. The van der Waals surface area contributed by atoms with Crippen molar-refractivity contribution in [3.8, 4) is 28.4 Å². The summed E-state index contributed by atoms with van der Waals surface area (Å²) in [5.41, 5.74) is 8.97. The van der Waals surface area contributed by atoms with Crippen molar-refractivity contribution < 1.29 is 14.2 Å². The number of benzene rings is 6. The molecule has 226 valence electrons. The molecular weight excluding hydrogens is 585 g/mol. The van der Waals surface area contributed by atoms with E-state index in [9.17, 15) is 0 Å². The Labute approximate surface area is 274 Å². The van der Waals surface area contributed by atoms with Crippen LogP contribution in [0.3, 0.4) is 0 Å². The van der Waals surface area contributed by atoms with Crippen molar-refractivity contribution in [2.75, 3.05) is 14.2 Å². The fraction of sp³-hybridized carbons (Fsp3) is 0.143. The predicted molar refractivity (Wildman–Crippen MR) is 189 cm³/mol. The fourth-order valence-corrected chi connectivity index (χ4v) is 7.96. The second kappa shape index (κ2) is 11.5. The van der Waals surface area contributed by atoms with Crippen LogP contribution in [0.2, 0.25) is 0 Å². The zero-order chi connectivity index (χ0) is 31.3. The van der Waals surface area contributed by atoms with Crippen LogP contribution in [-0.4, -0.2) is 14.2 Å². The summed E-state index contributed by atoms with van der Waals surface area (Å²) in [6.45, 7) is 2.12. The first-order chi connectivity index (χ1) is 22.6. The number of ether oxygens (including phenoxy) is 3. The van der Waals surface area contributed by atoms with E-state index in [2.05, 4.69) is 122 Å². The third kappa shape index (κ3) is 4.67. The molecule has 0 fully saturated rings. The van der Waals surface area contributed by atoms with Gasteiger partial charge in [-0.05, 0) is 89.9 Å². The monoisotopic (exact) mass is 618 g/mol. The zero-order valence-electron chi connectivity index (χ0n) is 26.2. The van der Waals surface area contributed by atoms with Gasteiger partial charge in [0, 0.05) is 27.0 Å². The van der Waals surface area contributed by atoms with E-state index in [1.54, 1.807) is 26.0 Å². The molecule has 3 nitrogen and oxygen atoms in total. The highest BCUT2D eigenvalue weighted by Crippen LogP contribution is 2.53. The lowest BCUT2D eigenvalue weighted by molar-refractivity contribution is 0.163. The Morgan fingerprint density at radius 1 is 0.717 bits per heavy atom. The number of rotatable bonds is 6. The van der Waals surface area contributed by atoms with Crippen LogP contribution in [0.25, 0.3) is 28.0 Å². The van der Waals surface area contributed by atoms with Gasteiger partial charge in [0.05, 0.1) is 19.1 Å². The van der Waals surface area contributed by atoms with Gasteiger partial charge in [-0.3, -0.25) is 0 Å². The first-order valence-corrected chi connectivity index (χ1v) is 16.5. The second-order valence-electron chi connectivity index (χ2n) is 12.0. The molecule has 46 heavy (non-hydrogen) atoms. The standard InChI is InChI=1S/C42H34O3S/c1-27-13-16-29(17-14-27)42(30-18-20-31(43-2)21-19-30)24-23-35-34-22-15-28-9-7-8-12-33(28)40(34)36-26-39(46-32-10-5-4-6-11-32)38(44-3)25-37(36)41(35)45-42/h4-14,16-21,23-26H,15,22H2,1-3H3. The smallest absolute Gasteiger partial charge is 0.178 e. The topological polar surface area (TPSA) is 27.7 Å². The summed E-state index contributed by atoms with van der Waals surface area (Å²) >= 11 is 1.73. The van der Waals surface area contributed by atoms with Gasteiger partial charge >= 0.3 is 0 Å². The number of aryl methyl sites for hydroxylation is 2. The average molecular weight is 619 g/mol. The van der Waals surface area contributed by atoms with Gasteiger partial charge < -0.3 is 14.2 Å². The SMILES string of the molecule is COc1ccc(C2(c3ccc(C)cc3)C=Cc3c4c(c5cc(Sc6ccccc6)c(OC)cc5c3O2)-c2ccccc2CC4)cc1. The molecule has 1 aliphatic heterocycles. The summed E-state index contributed by atoms with van der Waals surface area (Å²) in [5, 5.41) is 2.23. The van der Waals surface area contributed by atoms with E-state index in [1.807, 2.05) is 12.1 Å². The molecule has 1 unspecified atom stereocenters. The van der Waals surface area contributed by atoms with Crippen molar-refractivity contribution in [1.29, 1.82) is 0 Å². The van der Waals surface area contributed by atoms with Crippen LogP contribution in [0.1, 0.15) is 33.4 Å². The largest absolute Gasteiger partial charge is 0.497 e. The highest BCUT2D eigenvalue weighted by atomic mass is 32.2. The molecule has 0 saturated heterocycles. The van der Waals surface area contributed by atoms with Gasteiger partial charge in [0.15, 0.2) is 5.60 Å². The number of methoxy groups -OCH3 is 2. The quantitative estimate of drug-likeness (QED) is 0.186. The summed E-state index contributed by atoms with van der Waals surface area (Å²) in [5.74, 6) is 2.53.